The number of nitrogens with zero attached hydrogens (tertiary/aromatic N) is 4. The fourth-order valence-electron chi connectivity index (χ4n) is 3.39. The quantitative estimate of drug-likeness (QED) is 0.242. The number of ether oxygens (including phenoxy) is 1. The zero-order chi connectivity index (χ0) is 22.7. The number of anilines is 2. The third-order valence-electron chi connectivity index (χ3n) is 4.99. The highest BCUT2D eigenvalue weighted by Gasteiger charge is 2.20. The second-order valence-corrected chi connectivity index (χ2v) is 7.32. The van der Waals surface area contributed by atoms with E-state index in [-0.39, 0.29) is 17.4 Å². The predicted octanol–water partition coefficient (Wildman–Crippen LogP) is 3.63. The van der Waals surface area contributed by atoms with Crippen LogP contribution in [0.15, 0.2) is 77.1 Å². The van der Waals surface area contributed by atoms with Crippen molar-refractivity contribution in [3.63, 3.8) is 0 Å². The van der Waals surface area contributed by atoms with Crippen LogP contribution in [0.2, 0.25) is 0 Å². The average molecular weight is 429 g/mol. The van der Waals surface area contributed by atoms with E-state index in [2.05, 4.69) is 15.2 Å². The molecule has 0 bridgehead atoms. The Labute approximate surface area is 184 Å². The Hall–Kier alpha value is -4.24. The summed E-state index contributed by atoms with van der Waals surface area (Å²) < 4.78 is 7.55. The first-order chi connectivity index (χ1) is 15.4. The first-order valence-corrected chi connectivity index (χ1v) is 9.95. The van der Waals surface area contributed by atoms with Crippen molar-refractivity contribution < 1.29 is 9.53 Å². The van der Waals surface area contributed by atoms with E-state index in [1.54, 1.807) is 36.4 Å². The van der Waals surface area contributed by atoms with Crippen molar-refractivity contribution >= 4 is 39.9 Å². The van der Waals surface area contributed by atoms with Crippen LogP contribution >= 0.6 is 0 Å². The number of hydrogen-bond acceptors (Lipinski definition) is 8. The molecule has 9 heteroatoms. The summed E-state index contributed by atoms with van der Waals surface area (Å²) in [7, 11) is 1.96. The Kier molecular flexibility index (Phi) is 5.82. The first-order valence-electron chi connectivity index (χ1n) is 9.95. The van der Waals surface area contributed by atoms with Gasteiger partial charge in [0.05, 0.1) is 0 Å². The van der Waals surface area contributed by atoms with Crippen LogP contribution in [-0.4, -0.2) is 21.6 Å². The van der Waals surface area contributed by atoms with Gasteiger partial charge >= 0.3 is 5.97 Å². The number of aromatic nitrogens is 2. The van der Waals surface area contributed by atoms with Gasteiger partial charge < -0.3 is 26.5 Å². The lowest BCUT2D eigenvalue weighted by Crippen LogP contribution is -2.36. The van der Waals surface area contributed by atoms with Gasteiger partial charge in [0.2, 0.25) is 0 Å². The molecule has 0 spiro atoms. The highest BCUT2D eigenvalue weighted by Crippen LogP contribution is 2.31. The Bertz CT molecular complexity index is 1310. The molecule has 1 atom stereocenters. The molecular weight excluding hydrogens is 406 g/mol. The van der Waals surface area contributed by atoms with Gasteiger partial charge in [-0.2, -0.15) is 0 Å². The zero-order valence-corrected chi connectivity index (χ0v) is 17.5. The summed E-state index contributed by atoms with van der Waals surface area (Å²) in [6, 6.07) is 17.1. The summed E-state index contributed by atoms with van der Waals surface area (Å²) >= 11 is 0. The standard InChI is InChI=1S/C23H23N7O2/c1-30-13-14(15-6-2-4-8-19(15)30)12-16(24)23(31)32-20-9-5-3-7-17(20)28-29-18-10-11-21(25)27-22(18)26/h2-11,13,16H,12,24H2,1H3,(H4,25,26,27). The van der Waals surface area contributed by atoms with Crippen LogP contribution in [0, 0.1) is 0 Å². The van der Waals surface area contributed by atoms with E-state index in [1.165, 1.54) is 0 Å². The lowest BCUT2D eigenvalue weighted by Gasteiger charge is -2.12. The van der Waals surface area contributed by atoms with Crippen molar-refractivity contribution in [2.75, 3.05) is 11.5 Å². The summed E-state index contributed by atoms with van der Waals surface area (Å²) in [6.45, 7) is 0. The third-order valence-corrected chi connectivity index (χ3v) is 4.99. The van der Waals surface area contributed by atoms with Gasteiger partial charge in [0.1, 0.15) is 23.2 Å². The average Bonchev–Trinajstić information content (AvgIpc) is 3.09. The molecule has 0 saturated carbocycles. The molecule has 162 valence electrons. The number of carbonyl (C=O) groups is 1. The molecule has 0 aliphatic heterocycles. The molecule has 2 heterocycles. The normalized spacial score (nSPS) is 12.3. The van der Waals surface area contributed by atoms with E-state index in [0.29, 0.717) is 17.8 Å². The Morgan fingerprint density at radius 1 is 1.03 bits per heavy atom. The van der Waals surface area contributed by atoms with Gasteiger partial charge in [-0.15, -0.1) is 10.2 Å². The lowest BCUT2D eigenvalue weighted by atomic mass is 10.1. The van der Waals surface area contributed by atoms with Crippen molar-refractivity contribution in [3.05, 3.63) is 72.4 Å². The number of aryl methyl sites for hydroxylation is 1. The number of nitrogen functional groups attached to an aromatic ring is 2. The van der Waals surface area contributed by atoms with Gasteiger partial charge in [0.15, 0.2) is 11.6 Å². The molecule has 2 aromatic carbocycles. The SMILES string of the molecule is Cn1cc(CC(N)C(=O)Oc2ccccc2N=Nc2ccc(N)nc2N)c2ccccc21. The van der Waals surface area contributed by atoms with Gasteiger partial charge in [-0.05, 0) is 35.9 Å². The van der Waals surface area contributed by atoms with Gasteiger partial charge in [-0.3, -0.25) is 0 Å². The van der Waals surface area contributed by atoms with Crippen LogP contribution < -0.4 is 21.9 Å². The monoisotopic (exact) mass is 429 g/mol. The molecular formula is C23H23N7O2. The number of fused-ring (bicyclic) bond motifs is 1. The van der Waals surface area contributed by atoms with Crippen LogP contribution in [0.3, 0.4) is 0 Å². The summed E-state index contributed by atoms with van der Waals surface area (Å²) in [6.07, 6.45) is 2.32. The fourth-order valence-corrected chi connectivity index (χ4v) is 3.39. The molecule has 0 saturated heterocycles. The highest BCUT2D eigenvalue weighted by atomic mass is 16.5. The van der Waals surface area contributed by atoms with Gasteiger partial charge in [0, 0.05) is 30.6 Å². The maximum atomic E-state index is 12.7. The van der Waals surface area contributed by atoms with Crippen LogP contribution in [0.1, 0.15) is 5.56 Å². The number of hydrogen-bond donors (Lipinski definition) is 3. The second kappa shape index (κ2) is 8.86. The molecule has 9 nitrogen and oxygen atoms in total. The van der Waals surface area contributed by atoms with E-state index in [1.807, 2.05) is 42.1 Å². The van der Waals surface area contributed by atoms with Crippen molar-refractivity contribution in [1.29, 1.82) is 0 Å². The number of pyridine rings is 1. The molecule has 2 aromatic heterocycles. The summed E-state index contributed by atoms with van der Waals surface area (Å²) in [4.78, 5) is 16.6. The van der Waals surface area contributed by atoms with Crippen molar-refractivity contribution in [1.82, 2.24) is 9.55 Å². The van der Waals surface area contributed by atoms with E-state index in [0.717, 1.165) is 16.5 Å². The number of carbonyl (C=O) groups excluding carboxylic acids is 1. The van der Waals surface area contributed by atoms with Crippen LogP contribution in [0.25, 0.3) is 10.9 Å². The second-order valence-electron chi connectivity index (χ2n) is 7.32. The van der Waals surface area contributed by atoms with E-state index in [9.17, 15) is 4.79 Å². The molecule has 0 aliphatic rings. The maximum Gasteiger partial charge on any atom is 0.328 e. The van der Waals surface area contributed by atoms with Crippen molar-refractivity contribution in [2.45, 2.75) is 12.5 Å². The number of azo groups is 1. The fraction of sp³-hybridized carbons (Fsp3) is 0.130. The predicted molar refractivity (Wildman–Crippen MR) is 124 cm³/mol. The Morgan fingerprint density at radius 3 is 2.56 bits per heavy atom. The largest absolute Gasteiger partial charge is 0.423 e. The molecule has 0 amide bonds. The number of esters is 1. The van der Waals surface area contributed by atoms with Crippen LogP contribution in [0.4, 0.5) is 23.0 Å². The molecule has 0 fully saturated rings. The number of nitrogens with two attached hydrogens (primary N) is 3. The minimum Gasteiger partial charge on any atom is -0.423 e. The van der Waals surface area contributed by atoms with Gasteiger partial charge in [-0.1, -0.05) is 30.3 Å². The van der Waals surface area contributed by atoms with E-state index in [4.69, 9.17) is 21.9 Å². The van der Waals surface area contributed by atoms with Gasteiger partial charge in [0.25, 0.3) is 0 Å². The van der Waals surface area contributed by atoms with Gasteiger partial charge in [-0.25, -0.2) is 9.78 Å². The van der Waals surface area contributed by atoms with Crippen LogP contribution in [0.5, 0.6) is 5.75 Å². The number of rotatable bonds is 6. The Balaban J connectivity index is 1.50. The Morgan fingerprint density at radius 2 is 1.75 bits per heavy atom. The minimum atomic E-state index is -0.845. The number of para-hydroxylation sites is 2. The molecule has 0 radical (unpaired) electrons. The lowest BCUT2D eigenvalue weighted by molar-refractivity contribution is -0.135. The highest BCUT2D eigenvalue weighted by molar-refractivity contribution is 5.86. The molecule has 6 N–H and O–H groups in total. The van der Waals surface area contributed by atoms with E-state index < -0.39 is 12.0 Å². The van der Waals surface area contributed by atoms with Crippen LogP contribution in [-0.2, 0) is 18.3 Å². The summed E-state index contributed by atoms with van der Waals surface area (Å²) in [5, 5.41) is 9.30. The molecule has 32 heavy (non-hydrogen) atoms. The number of benzene rings is 2. The third kappa shape index (κ3) is 4.42. The topological polar surface area (TPSA) is 147 Å². The maximum absolute atomic E-state index is 12.7. The zero-order valence-electron chi connectivity index (χ0n) is 17.5. The molecule has 4 aromatic rings. The minimum absolute atomic E-state index is 0.153. The molecule has 1 unspecified atom stereocenters. The molecule has 0 aliphatic carbocycles. The summed E-state index contributed by atoms with van der Waals surface area (Å²) in [5.41, 5.74) is 20.3. The molecule has 4 rings (SSSR count). The van der Waals surface area contributed by atoms with Crippen molar-refractivity contribution in [2.24, 2.45) is 23.0 Å². The van der Waals surface area contributed by atoms with E-state index >= 15 is 0 Å². The first kappa shape index (κ1) is 21.0. The summed E-state index contributed by atoms with van der Waals surface area (Å²) in [5.74, 6) is 0.127. The smallest absolute Gasteiger partial charge is 0.328 e. The van der Waals surface area contributed by atoms with Crippen molar-refractivity contribution in [3.8, 4) is 5.75 Å².